The standard InChI is InChI=1S/C23H46O4Si/c1-8-9-10-11-12-13-14-15-16-21(27-28(6,7)23(3,4)5)20-17-18-22(26-20)25-19(2)24/h20-22H,8-18H2,1-7H3/t20-,21-,22?/m0/s1. The molecule has 5 heteroatoms. The van der Waals surface area contributed by atoms with E-state index in [1.54, 1.807) is 0 Å². The molecule has 0 amide bonds. The Morgan fingerprint density at radius 1 is 1.04 bits per heavy atom. The maximum absolute atomic E-state index is 11.2. The largest absolute Gasteiger partial charge is 0.436 e. The molecule has 4 nitrogen and oxygen atoms in total. The quantitative estimate of drug-likeness (QED) is 0.185. The van der Waals surface area contributed by atoms with Crippen molar-refractivity contribution in [3.8, 4) is 0 Å². The Labute approximate surface area is 175 Å². The van der Waals surface area contributed by atoms with E-state index in [4.69, 9.17) is 13.9 Å². The number of hydrogen-bond donors (Lipinski definition) is 0. The second kappa shape index (κ2) is 12.3. The number of carbonyl (C=O) groups is 1. The van der Waals surface area contributed by atoms with E-state index in [2.05, 4.69) is 40.8 Å². The van der Waals surface area contributed by atoms with Gasteiger partial charge in [-0.2, -0.15) is 0 Å². The van der Waals surface area contributed by atoms with Gasteiger partial charge >= 0.3 is 5.97 Å². The second-order valence-electron chi connectivity index (χ2n) is 9.97. The van der Waals surface area contributed by atoms with Crippen LogP contribution in [0.3, 0.4) is 0 Å². The lowest BCUT2D eigenvalue weighted by Crippen LogP contribution is -2.47. The van der Waals surface area contributed by atoms with Crippen LogP contribution in [0.25, 0.3) is 0 Å². The fourth-order valence-corrected chi connectivity index (χ4v) is 4.91. The van der Waals surface area contributed by atoms with Crippen LogP contribution in [0, 0.1) is 0 Å². The lowest BCUT2D eigenvalue weighted by Gasteiger charge is -2.40. The highest BCUT2D eigenvalue weighted by atomic mass is 28.4. The number of ether oxygens (including phenoxy) is 2. The van der Waals surface area contributed by atoms with E-state index in [0.717, 1.165) is 19.3 Å². The molecule has 0 spiro atoms. The van der Waals surface area contributed by atoms with Gasteiger partial charge in [-0.15, -0.1) is 0 Å². The van der Waals surface area contributed by atoms with Gasteiger partial charge in [-0.1, -0.05) is 79.1 Å². The van der Waals surface area contributed by atoms with Crippen molar-refractivity contribution in [3.63, 3.8) is 0 Å². The summed E-state index contributed by atoms with van der Waals surface area (Å²) in [5, 5.41) is 0.179. The molecule has 0 saturated carbocycles. The van der Waals surface area contributed by atoms with Crippen LogP contribution < -0.4 is 0 Å². The van der Waals surface area contributed by atoms with E-state index in [0.29, 0.717) is 0 Å². The SMILES string of the molecule is CCCCCCCCCC[C@H](O[Si](C)(C)C(C)(C)C)[C@@H]1CCC(OC(C)=O)O1. The molecule has 0 aliphatic carbocycles. The van der Waals surface area contributed by atoms with Crippen LogP contribution in [-0.4, -0.2) is 32.8 Å². The number of esters is 1. The van der Waals surface area contributed by atoms with Crippen molar-refractivity contribution < 1.29 is 18.7 Å². The molecule has 28 heavy (non-hydrogen) atoms. The molecule has 1 fully saturated rings. The molecule has 0 radical (unpaired) electrons. The van der Waals surface area contributed by atoms with Crippen LogP contribution in [0.15, 0.2) is 0 Å². The van der Waals surface area contributed by atoms with Crippen LogP contribution in [0.4, 0.5) is 0 Å². The third-order valence-corrected chi connectivity index (χ3v) is 10.8. The van der Waals surface area contributed by atoms with Gasteiger partial charge in [0.15, 0.2) is 8.32 Å². The fourth-order valence-electron chi connectivity index (χ4n) is 3.53. The maximum atomic E-state index is 11.2. The van der Waals surface area contributed by atoms with E-state index in [-0.39, 0.29) is 23.2 Å². The summed E-state index contributed by atoms with van der Waals surface area (Å²) in [5.41, 5.74) is 0. The minimum absolute atomic E-state index is 0.0445. The van der Waals surface area contributed by atoms with Gasteiger partial charge in [0, 0.05) is 13.3 Å². The summed E-state index contributed by atoms with van der Waals surface area (Å²) < 4.78 is 18.1. The highest BCUT2D eigenvalue weighted by Crippen LogP contribution is 2.39. The molecule has 1 unspecified atom stereocenters. The van der Waals surface area contributed by atoms with E-state index < -0.39 is 14.6 Å². The summed E-state index contributed by atoms with van der Waals surface area (Å²) in [5.74, 6) is -0.268. The highest BCUT2D eigenvalue weighted by molar-refractivity contribution is 6.74. The number of rotatable bonds is 13. The summed E-state index contributed by atoms with van der Waals surface area (Å²) in [7, 11) is -1.87. The highest BCUT2D eigenvalue weighted by Gasteiger charge is 2.42. The zero-order valence-electron chi connectivity index (χ0n) is 19.6. The number of hydrogen-bond acceptors (Lipinski definition) is 4. The van der Waals surface area contributed by atoms with Crippen molar-refractivity contribution in [1.29, 1.82) is 0 Å². The van der Waals surface area contributed by atoms with Gasteiger partial charge in [0.1, 0.15) is 0 Å². The van der Waals surface area contributed by atoms with Crippen molar-refractivity contribution in [2.45, 2.75) is 142 Å². The summed E-state index contributed by atoms with van der Waals surface area (Å²) in [6.45, 7) is 15.2. The third kappa shape index (κ3) is 9.40. The average molecular weight is 415 g/mol. The number of carbonyl (C=O) groups excluding carboxylic acids is 1. The van der Waals surface area contributed by atoms with Crippen LogP contribution in [0.1, 0.15) is 105 Å². The summed E-state index contributed by atoms with van der Waals surface area (Å²) in [6, 6.07) is 0. The van der Waals surface area contributed by atoms with Crippen molar-refractivity contribution in [2.75, 3.05) is 0 Å². The van der Waals surface area contributed by atoms with E-state index in [1.165, 1.54) is 58.3 Å². The minimum Gasteiger partial charge on any atom is -0.436 e. The topological polar surface area (TPSA) is 44.8 Å². The molecule has 0 aromatic rings. The van der Waals surface area contributed by atoms with Gasteiger partial charge in [0.05, 0.1) is 12.2 Å². The molecule has 0 bridgehead atoms. The molecule has 3 atom stereocenters. The molecule has 1 aliphatic heterocycles. The van der Waals surface area contributed by atoms with Crippen molar-refractivity contribution in [3.05, 3.63) is 0 Å². The first-order chi connectivity index (χ1) is 13.1. The van der Waals surface area contributed by atoms with Crippen LogP contribution in [-0.2, 0) is 18.7 Å². The molecular weight excluding hydrogens is 368 g/mol. The van der Waals surface area contributed by atoms with Gasteiger partial charge in [0.2, 0.25) is 6.29 Å². The molecule has 0 aromatic heterocycles. The predicted molar refractivity (Wildman–Crippen MR) is 119 cm³/mol. The van der Waals surface area contributed by atoms with Crippen molar-refractivity contribution >= 4 is 14.3 Å². The Hall–Kier alpha value is -0.393. The number of unbranched alkanes of at least 4 members (excludes halogenated alkanes) is 7. The van der Waals surface area contributed by atoms with Gasteiger partial charge < -0.3 is 13.9 Å². The smallest absolute Gasteiger partial charge is 0.304 e. The lowest BCUT2D eigenvalue weighted by atomic mass is 10.0. The normalized spacial score (nSPS) is 21.7. The molecule has 1 aliphatic rings. The van der Waals surface area contributed by atoms with Crippen LogP contribution in [0.2, 0.25) is 18.1 Å². The van der Waals surface area contributed by atoms with E-state index >= 15 is 0 Å². The minimum atomic E-state index is -1.87. The van der Waals surface area contributed by atoms with Crippen LogP contribution >= 0.6 is 0 Å². The van der Waals surface area contributed by atoms with Gasteiger partial charge in [-0.25, -0.2) is 0 Å². The zero-order chi connectivity index (χ0) is 21.2. The van der Waals surface area contributed by atoms with Gasteiger partial charge in [-0.05, 0) is 31.0 Å². The molecule has 0 aromatic carbocycles. The molecule has 166 valence electrons. The Kier molecular flexibility index (Phi) is 11.3. The molecule has 1 saturated heterocycles. The van der Waals surface area contributed by atoms with Crippen molar-refractivity contribution in [1.82, 2.24) is 0 Å². The maximum Gasteiger partial charge on any atom is 0.304 e. The molecule has 0 N–H and O–H groups in total. The summed E-state index contributed by atoms with van der Waals surface area (Å²) in [4.78, 5) is 11.2. The Morgan fingerprint density at radius 3 is 2.14 bits per heavy atom. The fraction of sp³-hybridized carbons (Fsp3) is 0.957. The molecule has 1 rings (SSSR count). The van der Waals surface area contributed by atoms with Gasteiger partial charge in [0.25, 0.3) is 0 Å². The monoisotopic (exact) mass is 414 g/mol. The average Bonchev–Trinajstić information content (AvgIpc) is 3.02. The zero-order valence-corrected chi connectivity index (χ0v) is 20.6. The van der Waals surface area contributed by atoms with Crippen LogP contribution in [0.5, 0.6) is 0 Å². The van der Waals surface area contributed by atoms with E-state index in [1.807, 2.05) is 0 Å². The summed E-state index contributed by atoms with van der Waals surface area (Å²) in [6.07, 6.45) is 13.0. The van der Waals surface area contributed by atoms with Gasteiger partial charge in [-0.3, -0.25) is 4.79 Å². The Bertz CT molecular complexity index is 444. The third-order valence-electron chi connectivity index (χ3n) is 6.32. The molecular formula is C23H46O4Si. The van der Waals surface area contributed by atoms with E-state index in [9.17, 15) is 4.79 Å². The Balaban J connectivity index is 2.53. The first kappa shape index (κ1) is 25.6. The lowest BCUT2D eigenvalue weighted by molar-refractivity contribution is -0.178. The Morgan fingerprint density at radius 2 is 1.61 bits per heavy atom. The first-order valence-corrected chi connectivity index (χ1v) is 14.5. The second-order valence-corrected chi connectivity index (χ2v) is 14.7. The van der Waals surface area contributed by atoms with Crippen molar-refractivity contribution in [2.24, 2.45) is 0 Å². The molecule has 1 heterocycles. The summed E-state index contributed by atoms with van der Waals surface area (Å²) >= 11 is 0. The predicted octanol–water partition coefficient (Wildman–Crippen LogP) is 6.98. The first-order valence-electron chi connectivity index (χ1n) is 11.6.